The minimum Gasteiger partial charge on any atom is -0.493 e. The van der Waals surface area contributed by atoms with Crippen molar-refractivity contribution in [3.63, 3.8) is 0 Å². The molecule has 9 heteroatoms. The number of hydrogen-bond donors (Lipinski definition) is 1. The summed E-state index contributed by atoms with van der Waals surface area (Å²) in [5.41, 5.74) is 9.79. The summed E-state index contributed by atoms with van der Waals surface area (Å²) in [5.74, 6) is 1.38. The fourth-order valence-corrected chi connectivity index (χ4v) is 4.77. The summed E-state index contributed by atoms with van der Waals surface area (Å²) >= 11 is 0. The second kappa shape index (κ2) is 17.8. The summed E-state index contributed by atoms with van der Waals surface area (Å²) in [6, 6.07) is 7.46. The number of ketones is 1. The maximum Gasteiger partial charge on any atom is 0.161 e. The van der Waals surface area contributed by atoms with Crippen LogP contribution in [-0.4, -0.2) is 50.5 Å². The highest BCUT2D eigenvalue weighted by molar-refractivity contribution is 5.81. The Balaban J connectivity index is 3.04. The number of azide groups is 1. The molecule has 0 saturated heterocycles. The van der Waals surface area contributed by atoms with Gasteiger partial charge in [0.15, 0.2) is 11.5 Å². The molecule has 4 atom stereocenters. The number of nitriles is 1. The molecule has 0 fully saturated rings. The summed E-state index contributed by atoms with van der Waals surface area (Å²) in [6.45, 7) is 12.9. The molecule has 40 heavy (non-hydrogen) atoms. The molecule has 0 aliphatic heterocycles. The minimum absolute atomic E-state index is 0.0153. The van der Waals surface area contributed by atoms with Crippen molar-refractivity contribution in [2.45, 2.75) is 92.2 Å². The van der Waals surface area contributed by atoms with E-state index in [1.54, 1.807) is 14.2 Å². The molecule has 0 bridgehead atoms. The van der Waals surface area contributed by atoms with Crippen molar-refractivity contribution in [3.05, 3.63) is 34.2 Å². The molecular formula is C31H50N4O5. The number of methoxy groups -OCH3 is 2. The fourth-order valence-electron chi connectivity index (χ4n) is 4.77. The summed E-state index contributed by atoms with van der Waals surface area (Å²) in [6.07, 6.45) is 1.98. The fraction of sp³-hybridized carbons (Fsp3) is 0.742. The molecule has 0 radical (unpaired) electrons. The van der Waals surface area contributed by atoms with Gasteiger partial charge in [-0.3, -0.25) is 4.79 Å². The van der Waals surface area contributed by atoms with Gasteiger partial charge in [-0.15, -0.1) is 0 Å². The third-order valence-corrected chi connectivity index (χ3v) is 7.62. The molecule has 1 aromatic carbocycles. The standard InChI is InChI=1S/C31H50N4O5/c1-21(2)24(16-23-10-11-29(39-8)30(17-23)40-15-9-14-38-7)18-26(34-35-33)28(37)19-25(22(3)4)27(36)12-13-31(5,6)20-32/h10-11,17,21-22,24-26,28,37H,9,12-16,18-19H2,1-8H3/t24-,25?,26-,28-/m0/s1. The summed E-state index contributed by atoms with van der Waals surface area (Å²) in [7, 11) is 3.27. The van der Waals surface area contributed by atoms with E-state index in [-0.39, 0.29) is 42.3 Å². The van der Waals surface area contributed by atoms with Gasteiger partial charge in [0.2, 0.25) is 0 Å². The van der Waals surface area contributed by atoms with Crippen LogP contribution in [-0.2, 0) is 16.0 Å². The molecular weight excluding hydrogens is 508 g/mol. The lowest BCUT2D eigenvalue weighted by molar-refractivity contribution is -0.125. The molecule has 0 saturated carbocycles. The zero-order valence-corrected chi connectivity index (χ0v) is 25.7. The second-order valence-electron chi connectivity index (χ2n) is 12.0. The first-order valence-corrected chi connectivity index (χ1v) is 14.3. The normalized spacial score (nSPS) is 14.7. The average molecular weight is 559 g/mol. The molecule has 0 aliphatic carbocycles. The van der Waals surface area contributed by atoms with Crippen LogP contribution in [0.5, 0.6) is 11.5 Å². The number of nitrogens with zero attached hydrogens (tertiary/aromatic N) is 4. The van der Waals surface area contributed by atoms with E-state index in [9.17, 15) is 20.7 Å². The number of aliphatic hydroxyl groups is 1. The summed E-state index contributed by atoms with van der Waals surface area (Å²) < 4.78 is 16.5. The molecule has 1 N–H and O–H groups in total. The van der Waals surface area contributed by atoms with Crippen LogP contribution in [0.4, 0.5) is 0 Å². The molecule has 0 aliphatic rings. The number of hydrogen-bond acceptors (Lipinski definition) is 7. The Kier molecular flexibility index (Phi) is 15.7. The molecule has 1 rings (SSSR count). The predicted octanol–water partition coefficient (Wildman–Crippen LogP) is 6.92. The quantitative estimate of drug-likeness (QED) is 0.0798. The molecule has 0 spiro atoms. The lowest BCUT2D eigenvalue weighted by Gasteiger charge is -2.30. The Morgan fingerprint density at radius 1 is 1.12 bits per heavy atom. The van der Waals surface area contributed by atoms with Crippen molar-refractivity contribution in [1.82, 2.24) is 0 Å². The highest BCUT2D eigenvalue weighted by Crippen LogP contribution is 2.33. The van der Waals surface area contributed by atoms with Gasteiger partial charge >= 0.3 is 0 Å². The van der Waals surface area contributed by atoms with Crippen molar-refractivity contribution in [2.24, 2.45) is 34.2 Å². The maximum atomic E-state index is 13.1. The van der Waals surface area contributed by atoms with Crippen molar-refractivity contribution >= 4 is 5.78 Å². The zero-order chi connectivity index (χ0) is 30.3. The minimum atomic E-state index is -0.951. The molecule has 9 nitrogen and oxygen atoms in total. The Morgan fingerprint density at radius 3 is 2.38 bits per heavy atom. The Labute approximate surface area is 240 Å². The van der Waals surface area contributed by atoms with Crippen LogP contribution in [0.2, 0.25) is 0 Å². The molecule has 0 heterocycles. The van der Waals surface area contributed by atoms with Crippen LogP contribution >= 0.6 is 0 Å². The Bertz CT molecular complexity index is 998. The van der Waals surface area contributed by atoms with E-state index in [1.165, 1.54) is 0 Å². The van der Waals surface area contributed by atoms with Crippen LogP contribution in [0.25, 0.3) is 10.4 Å². The predicted molar refractivity (Wildman–Crippen MR) is 157 cm³/mol. The summed E-state index contributed by atoms with van der Waals surface area (Å²) in [5, 5.41) is 24.5. The van der Waals surface area contributed by atoms with E-state index < -0.39 is 17.6 Å². The van der Waals surface area contributed by atoms with Gasteiger partial charge in [0.1, 0.15) is 5.78 Å². The van der Waals surface area contributed by atoms with Gasteiger partial charge in [0.25, 0.3) is 0 Å². The van der Waals surface area contributed by atoms with Crippen LogP contribution in [0, 0.1) is 40.4 Å². The van der Waals surface area contributed by atoms with Gasteiger partial charge in [-0.05, 0) is 80.5 Å². The first-order valence-electron chi connectivity index (χ1n) is 14.3. The van der Waals surface area contributed by atoms with Crippen LogP contribution in [0.15, 0.2) is 23.3 Å². The van der Waals surface area contributed by atoms with E-state index in [4.69, 9.17) is 14.2 Å². The first-order chi connectivity index (χ1) is 18.9. The maximum absolute atomic E-state index is 13.1. The highest BCUT2D eigenvalue weighted by atomic mass is 16.5. The van der Waals surface area contributed by atoms with Crippen LogP contribution in [0.3, 0.4) is 0 Å². The SMILES string of the molecule is COCCCOc1cc(C[C@@H](C[C@H](N=[N+]=[N-])[C@@H](O)CC(C(=O)CCC(C)(C)C#N)C(C)C)C(C)C)ccc1OC. The number of ether oxygens (including phenoxy) is 3. The molecule has 1 aromatic rings. The van der Waals surface area contributed by atoms with Crippen molar-refractivity contribution in [2.75, 3.05) is 27.4 Å². The molecule has 224 valence electrons. The van der Waals surface area contributed by atoms with E-state index in [2.05, 4.69) is 29.9 Å². The lowest BCUT2D eigenvalue weighted by Crippen LogP contribution is -2.34. The summed E-state index contributed by atoms with van der Waals surface area (Å²) in [4.78, 5) is 16.1. The molecule has 1 unspecified atom stereocenters. The van der Waals surface area contributed by atoms with Crippen molar-refractivity contribution in [3.8, 4) is 17.6 Å². The van der Waals surface area contributed by atoms with Crippen LogP contribution < -0.4 is 9.47 Å². The van der Waals surface area contributed by atoms with Gasteiger partial charge in [0, 0.05) is 37.4 Å². The van der Waals surface area contributed by atoms with Gasteiger partial charge in [0.05, 0.1) is 37.3 Å². The van der Waals surface area contributed by atoms with Gasteiger partial charge in [-0.2, -0.15) is 5.26 Å². The second-order valence-corrected chi connectivity index (χ2v) is 12.0. The zero-order valence-electron chi connectivity index (χ0n) is 25.7. The Morgan fingerprint density at radius 2 is 1.82 bits per heavy atom. The molecule has 0 amide bonds. The number of Topliss-reactive ketones (excluding diaryl/α,β-unsaturated/α-hetero) is 1. The lowest BCUT2D eigenvalue weighted by atomic mass is 9.78. The smallest absolute Gasteiger partial charge is 0.161 e. The van der Waals surface area contributed by atoms with E-state index in [0.717, 1.165) is 12.0 Å². The monoisotopic (exact) mass is 558 g/mol. The molecule has 0 aromatic heterocycles. The average Bonchev–Trinajstić information content (AvgIpc) is 2.91. The number of rotatable bonds is 20. The number of benzene rings is 1. The van der Waals surface area contributed by atoms with Crippen molar-refractivity contribution < 1.29 is 24.1 Å². The van der Waals surface area contributed by atoms with Gasteiger partial charge in [-0.1, -0.05) is 38.9 Å². The largest absolute Gasteiger partial charge is 0.493 e. The van der Waals surface area contributed by atoms with Crippen LogP contribution in [0.1, 0.15) is 79.2 Å². The number of aliphatic hydroxyl groups excluding tert-OH is 1. The van der Waals surface area contributed by atoms with E-state index in [1.807, 2.05) is 45.9 Å². The number of carbonyl (C=O) groups excluding carboxylic acids is 1. The van der Waals surface area contributed by atoms with E-state index >= 15 is 0 Å². The third-order valence-electron chi connectivity index (χ3n) is 7.62. The van der Waals surface area contributed by atoms with Gasteiger partial charge in [-0.25, -0.2) is 0 Å². The third kappa shape index (κ3) is 12.2. The first kappa shape index (κ1) is 35.2. The van der Waals surface area contributed by atoms with Gasteiger partial charge < -0.3 is 19.3 Å². The topological polar surface area (TPSA) is 138 Å². The highest BCUT2D eigenvalue weighted by Gasteiger charge is 2.31. The van der Waals surface area contributed by atoms with E-state index in [0.29, 0.717) is 44.0 Å². The Hall–Kier alpha value is -2.79. The number of carbonyl (C=O) groups is 1. The van der Waals surface area contributed by atoms with Crippen molar-refractivity contribution in [1.29, 1.82) is 5.26 Å².